The minimum absolute atomic E-state index is 0.593. The molecule has 0 aliphatic heterocycles. The zero-order chi connectivity index (χ0) is 16.8. The van der Waals surface area contributed by atoms with E-state index in [2.05, 4.69) is 68.6 Å². The van der Waals surface area contributed by atoms with Gasteiger partial charge in [-0.05, 0) is 43.7 Å². The van der Waals surface area contributed by atoms with Crippen LogP contribution in [0.3, 0.4) is 0 Å². The predicted molar refractivity (Wildman–Crippen MR) is 97.1 cm³/mol. The van der Waals surface area contributed by atoms with Gasteiger partial charge in [-0.3, -0.25) is 5.10 Å². The van der Waals surface area contributed by atoms with Gasteiger partial charge in [-0.2, -0.15) is 5.10 Å². The van der Waals surface area contributed by atoms with Crippen LogP contribution in [0.25, 0.3) is 0 Å². The fourth-order valence-electron chi connectivity index (χ4n) is 2.48. The van der Waals surface area contributed by atoms with Crippen LogP contribution in [-0.4, -0.2) is 16.7 Å². The Morgan fingerprint density at radius 2 is 1.75 bits per heavy atom. The first kappa shape index (κ1) is 15.9. The van der Waals surface area contributed by atoms with Gasteiger partial charge in [0.25, 0.3) is 0 Å². The molecule has 0 amide bonds. The Balaban J connectivity index is 1.69. The molecule has 0 saturated carbocycles. The third-order valence-electron chi connectivity index (χ3n) is 3.77. The van der Waals surface area contributed by atoms with Gasteiger partial charge >= 0.3 is 0 Å². The summed E-state index contributed by atoms with van der Waals surface area (Å²) in [5, 5.41) is 15.2. The first-order valence-electron chi connectivity index (χ1n) is 8.07. The Bertz CT molecular complexity index is 790. The largest absolute Gasteiger partial charge is 0.367 e. The van der Waals surface area contributed by atoms with E-state index in [1.807, 2.05) is 31.2 Å². The fraction of sp³-hybridized carbons (Fsp3) is 0.211. The number of nitrogens with one attached hydrogen (secondary N) is 1. The molecular weight excluding hydrogens is 298 g/mol. The van der Waals surface area contributed by atoms with Crippen molar-refractivity contribution in [2.45, 2.75) is 20.4 Å². The van der Waals surface area contributed by atoms with Crippen LogP contribution in [0.2, 0.25) is 0 Å². The summed E-state index contributed by atoms with van der Waals surface area (Å²) in [6, 6.07) is 20.5. The van der Waals surface area contributed by atoms with Gasteiger partial charge in [-0.25, -0.2) is 0 Å². The third-order valence-corrected chi connectivity index (χ3v) is 3.77. The quantitative estimate of drug-likeness (QED) is 0.638. The van der Waals surface area contributed by atoms with Crippen molar-refractivity contribution in [1.29, 1.82) is 0 Å². The van der Waals surface area contributed by atoms with Crippen molar-refractivity contribution in [3.63, 3.8) is 0 Å². The number of rotatable bonds is 6. The third kappa shape index (κ3) is 4.07. The molecule has 0 radical (unpaired) electrons. The zero-order valence-electron chi connectivity index (χ0n) is 14.0. The topological polar surface area (TPSA) is 56.6 Å². The van der Waals surface area contributed by atoms with Crippen LogP contribution in [0.1, 0.15) is 18.2 Å². The molecule has 2 aromatic carbocycles. The van der Waals surface area contributed by atoms with Gasteiger partial charge in [0, 0.05) is 30.5 Å². The molecule has 0 aliphatic carbocycles. The van der Waals surface area contributed by atoms with E-state index in [1.54, 1.807) is 0 Å². The molecule has 5 nitrogen and oxygen atoms in total. The van der Waals surface area contributed by atoms with Crippen molar-refractivity contribution >= 4 is 17.2 Å². The number of H-pyrrole nitrogens is 1. The smallest absolute Gasteiger partial charge is 0.195 e. The molecule has 0 atom stereocenters. The molecule has 5 heteroatoms. The van der Waals surface area contributed by atoms with Crippen molar-refractivity contribution in [3.05, 3.63) is 71.9 Å². The standard InChI is InChI=1S/C19H21N5/c1-3-24(14-16-7-5-4-6-8-16)18-11-9-17(10-12-18)21-23-19-13-15(2)20-22-19/h4-13H,3,14H2,1-2H3,(H,20,22). The summed E-state index contributed by atoms with van der Waals surface area (Å²) in [5.41, 5.74) is 4.27. The first-order valence-corrected chi connectivity index (χ1v) is 8.07. The van der Waals surface area contributed by atoms with Crippen molar-refractivity contribution in [2.24, 2.45) is 10.2 Å². The van der Waals surface area contributed by atoms with Gasteiger partial charge in [-0.15, -0.1) is 10.2 Å². The number of aromatic nitrogens is 2. The molecule has 0 bridgehead atoms. The fourth-order valence-corrected chi connectivity index (χ4v) is 2.48. The lowest BCUT2D eigenvalue weighted by molar-refractivity contribution is 0.832. The van der Waals surface area contributed by atoms with E-state index in [-0.39, 0.29) is 0 Å². The lowest BCUT2D eigenvalue weighted by Gasteiger charge is -2.23. The van der Waals surface area contributed by atoms with Gasteiger partial charge in [0.15, 0.2) is 5.82 Å². The first-order chi connectivity index (χ1) is 11.7. The minimum atomic E-state index is 0.593. The Labute approximate surface area is 142 Å². The number of nitrogens with zero attached hydrogens (tertiary/aromatic N) is 4. The van der Waals surface area contributed by atoms with Crippen LogP contribution in [0.15, 0.2) is 70.9 Å². The van der Waals surface area contributed by atoms with E-state index >= 15 is 0 Å². The Morgan fingerprint density at radius 1 is 1.00 bits per heavy atom. The summed E-state index contributed by atoms with van der Waals surface area (Å²) in [5.74, 6) is 0.593. The minimum Gasteiger partial charge on any atom is -0.367 e. The predicted octanol–water partition coefficient (Wildman–Crippen LogP) is 5.16. The van der Waals surface area contributed by atoms with Gasteiger partial charge in [0.1, 0.15) is 0 Å². The van der Waals surface area contributed by atoms with Crippen molar-refractivity contribution in [3.8, 4) is 0 Å². The van der Waals surface area contributed by atoms with Crippen molar-refractivity contribution in [2.75, 3.05) is 11.4 Å². The van der Waals surface area contributed by atoms with E-state index in [0.29, 0.717) is 5.82 Å². The molecule has 0 saturated heterocycles. The van der Waals surface area contributed by atoms with Gasteiger partial charge in [0.2, 0.25) is 0 Å². The summed E-state index contributed by atoms with van der Waals surface area (Å²) in [4.78, 5) is 2.33. The zero-order valence-corrected chi connectivity index (χ0v) is 14.0. The summed E-state index contributed by atoms with van der Waals surface area (Å²) < 4.78 is 0. The summed E-state index contributed by atoms with van der Waals surface area (Å²) >= 11 is 0. The highest BCUT2D eigenvalue weighted by Crippen LogP contribution is 2.23. The number of hydrogen-bond acceptors (Lipinski definition) is 4. The number of azo groups is 1. The second kappa shape index (κ2) is 7.55. The van der Waals surface area contributed by atoms with Crippen LogP contribution in [0.4, 0.5) is 17.2 Å². The van der Waals surface area contributed by atoms with E-state index in [9.17, 15) is 0 Å². The molecule has 0 spiro atoms. The number of aryl methyl sites for hydroxylation is 1. The van der Waals surface area contributed by atoms with Crippen LogP contribution in [0.5, 0.6) is 0 Å². The highest BCUT2D eigenvalue weighted by atomic mass is 15.2. The molecule has 1 N–H and O–H groups in total. The molecule has 0 unspecified atom stereocenters. The van der Waals surface area contributed by atoms with E-state index in [4.69, 9.17) is 0 Å². The van der Waals surface area contributed by atoms with Gasteiger partial charge in [-0.1, -0.05) is 30.3 Å². The molecule has 0 fully saturated rings. The maximum atomic E-state index is 4.22. The van der Waals surface area contributed by atoms with Crippen LogP contribution in [0, 0.1) is 6.92 Å². The van der Waals surface area contributed by atoms with E-state index in [0.717, 1.165) is 24.5 Å². The maximum absolute atomic E-state index is 4.22. The molecular formula is C19H21N5. The maximum Gasteiger partial charge on any atom is 0.195 e. The summed E-state index contributed by atoms with van der Waals surface area (Å²) in [7, 11) is 0. The van der Waals surface area contributed by atoms with Gasteiger partial charge < -0.3 is 4.90 Å². The second-order valence-electron chi connectivity index (χ2n) is 5.63. The molecule has 3 aromatic rings. The van der Waals surface area contributed by atoms with Crippen LogP contribution >= 0.6 is 0 Å². The molecule has 0 aliphatic rings. The molecule has 122 valence electrons. The monoisotopic (exact) mass is 319 g/mol. The van der Waals surface area contributed by atoms with E-state index < -0.39 is 0 Å². The van der Waals surface area contributed by atoms with Crippen LogP contribution < -0.4 is 4.90 Å². The molecule has 1 aromatic heterocycles. The normalized spacial score (nSPS) is 11.1. The lowest BCUT2D eigenvalue weighted by atomic mass is 10.2. The number of anilines is 1. The summed E-state index contributed by atoms with van der Waals surface area (Å²) in [6.07, 6.45) is 0. The molecule has 1 heterocycles. The number of aromatic amines is 1. The van der Waals surface area contributed by atoms with Crippen molar-refractivity contribution < 1.29 is 0 Å². The van der Waals surface area contributed by atoms with E-state index in [1.165, 1.54) is 11.3 Å². The average molecular weight is 319 g/mol. The molecule has 24 heavy (non-hydrogen) atoms. The Kier molecular flexibility index (Phi) is 5.01. The van der Waals surface area contributed by atoms with Crippen LogP contribution in [-0.2, 0) is 6.54 Å². The summed E-state index contributed by atoms with van der Waals surface area (Å²) in [6.45, 7) is 5.94. The number of hydrogen-bond donors (Lipinski definition) is 1. The second-order valence-corrected chi connectivity index (χ2v) is 5.63. The highest BCUT2D eigenvalue weighted by Gasteiger charge is 2.05. The average Bonchev–Trinajstić information content (AvgIpc) is 3.05. The Hall–Kier alpha value is -2.95. The molecule has 3 rings (SSSR count). The van der Waals surface area contributed by atoms with Crippen molar-refractivity contribution in [1.82, 2.24) is 10.2 Å². The van der Waals surface area contributed by atoms with Gasteiger partial charge in [0.05, 0.1) is 5.69 Å². The SMILES string of the molecule is CCN(Cc1ccccc1)c1ccc(N=Nc2cc(C)[nH]n2)cc1. The lowest BCUT2D eigenvalue weighted by Crippen LogP contribution is -2.21. The highest BCUT2D eigenvalue weighted by molar-refractivity contribution is 5.53. The Morgan fingerprint density at radius 3 is 2.38 bits per heavy atom. The number of benzene rings is 2.